The smallest absolute Gasteiger partial charge is 0.254 e. The summed E-state index contributed by atoms with van der Waals surface area (Å²) in [6.45, 7) is 3.64. The Balaban J connectivity index is 1.95. The van der Waals surface area contributed by atoms with Gasteiger partial charge in [-0.05, 0) is 56.0 Å². The van der Waals surface area contributed by atoms with Crippen molar-refractivity contribution in [3.63, 3.8) is 0 Å². The minimum absolute atomic E-state index is 0.0164. The zero-order valence-electron chi connectivity index (χ0n) is 15.2. The lowest BCUT2D eigenvalue weighted by molar-refractivity contribution is 0.0947. The predicted octanol–water partition coefficient (Wildman–Crippen LogP) is 2.75. The summed E-state index contributed by atoms with van der Waals surface area (Å²) in [6, 6.07) is 6.67. The topological polar surface area (TPSA) is 98.0 Å². The summed E-state index contributed by atoms with van der Waals surface area (Å²) in [7, 11) is 0. The van der Waals surface area contributed by atoms with Crippen LogP contribution in [-0.2, 0) is 0 Å². The zero-order chi connectivity index (χ0) is 19.6. The maximum absolute atomic E-state index is 14.3. The number of nitrogens with zero attached hydrogens (tertiary/aromatic N) is 2. The minimum Gasteiger partial charge on any atom is -0.392 e. The second-order valence-corrected chi connectivity index (χ2v) is 6.86. The number of carbonyl (C=O) groups is 1. The lowest BCUT2D eigenvalue weighted by atomic mass is 9.97. The van der Waals surface area contributed by atoms with E-state index in [0.717, 1.165) is 12.8 Å². The molecule has 0 bridgehead atoms. The highest BCUT2D eigenvalue weighted by Gasteiger charge is 2.25. The number of halogens is 1. The zero-order valence-corrected chi connectivity index (χ0v) is 15.2. The van der Waals surface area contributed by atoms with Crippen molar-refractivity contribution >= 4 is 11.7 Å². The lowest BCUT2D eigenvalue weighted by Crippen LogP contribution is -2.26. The number of rotatable bonds is 6. The fourth-order valence-corrected chi connectivity index (χ4v) is 2.73. The molecule has 0 spiro atoms. The monoisotopic (exact) mass is 368 g/mol. The second-order valence-electron chi connectivity index (χ2n) is 6.86. The molecule has 140 valence electrons. The molecule has 3 N–H and O–H groups in total. The van der Waals surface area contributed by atoms with Crippen LogP contribution in [0, 0.1) is 24.1 Å². The maximum atomic E-state index is 14.3. The summed E-state index contributed by atoms with van der Waals surface area (Å²) in [6.07, 6.45) is 2.82. The molecule has 1 aromatic heterocycles. The third-order valence-corrected chi connectivity index (χ3v) is 4.36. The molecule has 7 heteroatoms. The molecule has 6 nitrogen and oxygen atoms in total. The Kier molecular flexibility index (Phi) is 5.38. The van der Waals surface area contributed by atoms with Gasteiger partial charge in [0.05, 0.1) is 17.2 Å². The molecule has 27 heavy (non-hydrogen) atoms. The van der Waals surface area contributed by atoms with Crippen molar-refractivity contribution < 1.29 is 14.3 Å². The molecular formula is C20H21FN4O2. The Labute approximate surface area is 157 Å². The third-order valence-electron chi connectivity index (χ3n) is 4.36. The molecule has 1 aliphatic rings. The van der Waals surface area contributed by atoms with E-state index in [0.29, 0.717) is 28.1 Å². The van der Waals surface area contributed by atoms with Crippen molar-refractivity contribution in [2.75, 3.05) is 11.9 Å². The number of benzene rings is 1. The number of aromatic nitrogens is 1. The van der Waals surface area contributed by atoms with Gasteiger partial charge < -0.3 is 15.7 Å². The largest absolute Gasteiger partial charge is 0.392 e. The molecule has 2 aromatic rings. The molecule has 0 radical (unpaired) electrons. The molecule has 0 aliphatic heterocycles. The molecule has 1 aliphatic carbocycles. The van der Waals surface area contributed by atoms with Gasteiger partial charge in [0.1, 0.15) is 17.7 Å². The molecule has 1 amide bonds. The van der Waals surface area contributed by atoms with Crippen LogP contribution in [0.3, 0.4) is 0 Å². The van der Waals surface area contributed by atoms with Gasteiger partial charge in [-0.15, -0.1) is 0 Å². The van der Waals surface area contributed by atoms with E-state index < -0.39 is 17.8 Å². The van der Waals surface area contributed by atoms with Crippen LogP contribution < -0.4 is 10.6 Å². The van der Waals surface area contributed by atoms with Crippen molar-refractivity contribution in [3.8, 4) is 17.2 Å². The van der Waals surface area contributed by atoms with Gasteiger partial charge in [0.2, 0.25) is 0 Å². The minimum atomic E-state index is -0.579. The summed E-state index contributed by atoms with van der Waals surface area (Å²) < 4.78 is 14.3. The Morgan fingerprint density at radius 1 is 1.44 bits per heavy atom. The van der Waals surface area contributed by atoms with Gasteiger partial charge in [-0.3, -0.25) is 4.79 Å². The number of carbonyl (C=O) groups excluding carboxylic acids is 1. The van der Waals surface area contributed by atoms with Gasteiger partial charge in [0.15, 0.2) is 0 Å². The highest BCUT2D eigenvalue weighted by Crippen LogP contribution is 2.29. The summed E-state index contributed by atoms with van der Waals surface area (Å²) in [5.41, 5.74) is 2.19. The van der Waals surface area contributed by atoms with E-state index >= 15 is 0 Å². The van der Waals surface area contributed by atoms with Crippen LogP contribution >= 0.6 is 0 Å². The Hall–Kier alpha value is -2.98. The number of pyridine rings is 1. The number of hydrogen-bond donors (Lipinski definition) is 3. The number of anilines is 1. The number of nitrogens with one attached hydrogen (secondary N) is 2. The van der Waals surface area contributed by atoms with Crippen LogP contribution in [0.4, 0.5) is 10.2 Å². The molecule has 1 heterocycles. The van der Waals surface area contributed by atoms with Gasteiger partial charge in [0, 0.05) is 24.3 Å². The molecule has 1 saturated carbocycles. The van der Waals surface area contributed by atoms with Gasteiger partial charge in [0.25, 0.3) is 5.91 Å². The number of nitriles is 1. The summed E-state index contributed by atoms with van der Waals surface area (Å²) in [4.78, 5) is 16.5. The van der Waals surface area contributed by atoms with E-state index in [4.69, 9.17) is 0 Å². The van der Waals surface area contributed by atoms with Crippen molar-refractivity contribution in [1.29, 1.82) is 5.26 Å². The lowest BCUT2D eigenvalue weighted by Gasteiger charge is -2.13. The first-order chi connectivity index (χ1) is 12.9. The average Bonchev–Trinajstić information content (AvgIpc) is 3.43. The molecule has 1 aromatic carbocycles. The van der Waals surface area contributed by atoms with E-state index in [1.165, 1.54) is 12.1 Å². The predicted molar refractivity (Wildman–Crippen MR) is 99.7 cm³/mol. The van der Waals surface area contributed by atoms with Crippen LogP contribution in [0.25, 0.3) is 11.1 Å². The Morgan fingerprint density at radius 2 is 2.19 bits per heavy atom. The van der Waals surface area contributed by atoms with E-state index in [2.05, 4.69) is 21.7 Å². The number of hydrogen-bond acceptors (Lipinski definition) is 5. The van der Waals surface area contributed by atoms with Crippen LogP contribution in [0.15, 0.2) is 24.4 Å². The third kappa shape index (κ3) is 4.41. The van der Waals surface area contributed by atoms with Crippen molar-refractivity contribution in [1.82, 2.24) is 10.3 Å². The number of aryl methyl sites for hydroxylation is 1. The van der Waals surface area contributed by atoms with Gasteiger partial charge >= 0.3 is 0 Å². The van der Waals surface area contributed by atoms with Gasteiger partial charge in [-0.2, -0.15) is 5.26 Å². The summed E-state index contributed by atoms with van der Waals surface area (Å²) >= 11 is 0. The average molecular weight is 368 g/mol. The van der Waals surface area contributed by atoms with E-state index in [1.807, 2.05) is 0 Å². The number of aliphatic hydroxyl groups is 1. The molecule has 1 unspecified atom stereocenters. The molecule has 1 atom stereocenters. The van der Waals surface area contributed by atoms with Gasteiger partial charge in [-0.1, -0.05) is 0 Å². The second kappa shape index (κ2) is 7.72. The highest BCUT2D eigenvalue weighted by atomic mass is 19.1. The van der Waals surface area contributed by atoms with Crippen LogP contribution in [0.1, 0.15) is 41.3 Å². The highest BCUT2D eigenvalue weighted by molar-refractivity contribution is 5.96. The first kappa shape index (κ1) is 18.8. The fraction of sp³-hybridized carbons (Fsp3) is 0.350. The molecule has 0 saturated heterocycles. The summed E-state index contributed by atoms with van der Waals surface area (Å²) in [5.74, 6) is -0.633. The van der Waals surface area contributed by atoms with E-state index in [-0.39, 0.29) is 18.2 Å². The van der Waals surface area contributed by atoms with Crippen molar-refractivity contribution in [3.05, 3.63) is 46.9 Å². The van der Waals surface area contributed by atoms with Gasteiger partial charge in [-0.25, -0.2) is 9.37 Å². The SMILES string of the molecule is Cc1cc(F)c(C(=O)NC2CC2)cc1-c1cnc(NCC(C)O)c(C#N)c1. The first-order valence-corrected chi connectivity index (χ1v) is 8.82. The number of amides is 1. The van der Waals surface area contributed by atoms with Crippen LogP contribution in [0.2, 0.25) is 0 Å². The van der Waals surface area contributed by atoms with Crippen molar-refractivity contribution in [2.45, 2.75) is 38.8 Å². The van der Waals surface area contributed by atoms with Crippen molar-refractivity contribution in [2.24, 2.45) is 0 Å². The fourth-order valence-electron chi connectivity index (χ4n) is 2.73. The standard InChI is InChI=1S/C20H21FN4O2/c1-11-5-18(21)17(20(27)25-15-3-4-15)7-16(11)14-6-13(8-22)19(24-10-14)23-9-12(2)26/h5-7,10,12,15,26H,3-4,9H2,1-2H3,(H,23,24)(H,25,27). The summed E-state index contributed by atoms with van der Waals surface area (Å²) in [5, 5.41) is 24.5. The molecular weight excluding hydrogens is 347 g/mol. The quantitative estimate of drug-likeness (QED) is 0.728. The number of aliphatic hydroxyl groups excluding tert-OH is 1. The Bertz CT molecular complexity index is 917. The van der Waals surface area contributed by atoms with E-state index in [1.54, 1.807) is 26.1 Å². The maximum Gasteiger partial charge on any atom is 0.254 e. The molecule has 3 rings (SSSR count). The first-order valence-electron chi connectivity index (χ1n) is 8.82. The van der Waals surface area contributed by atoms with Crippen LogP contribution in [0.5, 0.6) is 0 Å². The molecule has 1 fully saturated rings. The van der Waals surface area contributed by atoms with Crippen LogP contribution in [-0.4, -0.2) is 34.7 Å². The van der Waals surface area contributed by atoms with E-state index in [9.17, 15) is 19.6 Å². The Morgan fingerprint density at radius 3 is 2.81 bits per heavy atom. The normalized spacial score (nSPS) is 14.3.